The van der Waals surface area contributed by atoms with Gasteiger partial charge in [0.15, 0.2) is 0 Å². The molecule has 3 heteroatoms. The highest BCUT2D eigenvalue weighted by molar-refractivity contribution is 5.71. The molecule has 0 bridgehead atoms. The predicted molar refractivity (Wildman–Crippen MR) is 60.5 cm³/mol. The Morgan fingerprint density at radius 2 is 2.40 bits per heavy atom. The van der Waals surface area contributed by atoms with Gasteiger partial charge >= 0.3 is 5.97 Å². The van der Waals surface area contributed by atoms with Gasteiger partial charge in [0.2, 0.25) is 0 Å². The zero-order valence-corrected chi connectivity index (χ0v) is 9.66. The fraction of sp³-hybridized carbons (Fsp3) is 0.750. The lowest BCUT2D eigenvalue weighted by Crippen LogP contribution is -2.31. The molecule has 0 aromatic rings. The van der Waals surface area contributed by atoms with Crippen molar-refractivity contribution in [2.75, 3.05) is 20.2 Å². The summed E-state index contributed by atoms with van der Waals surface area (Å²) in [6.07, 6.45) is 8.11. The monoisotopic (exact) mass is 211 g/mol. The van der Waals surface area contributed by atoms with Crippen LogP contribution in [0.25, 0.3) is 0 Å². The van der Waals surface area contributed by atoms with Crippen molar-refractivity contribution in [3.63, 3.8) is 0 Å². The maximum atomic E-state index is 11.1. The highest BCUT2D eigenvalue weighted by atomic mass is 16.5. The third kappa shape index (κ3) is 4.47. The molecule has 1 N–H and O–H groups in total. The van der Waals surface area contributed by atoms with Crippen molar-refractivity contribution in [2.45, 2.75) is 26.2 Å². The van der Waals surface area contributed by atoms with Gasteiger partial charge in [-0.05, 0) is 31.7 Å². The first-order valence-corrected chi connectivity index (χ1v) is 5.67. The summed E-state index contributed by atoms with van der Waals surface area (Å²) < 4.78 is 4.66. The Hall–Kier alpha value is -0.830. The average Bonchev–Trinajstić information content (AvgIpc) is 2.29. The molecular formula is C12H21NO2. The van der Waals surface area contributed by atoms with Crippen molar-refractivity contribution in [2.24, 2.45) is 11.8 Å². The van der Waals surface area contributed by atoms with Crippen molar-refractivity contribution in [1.29, 1.82) is 0 Å². The summed E-state index contributed by atoms with van der Waals surface area (Å²) in [6.45, 7) is 3.61. The molecule has 1 rings (SSSR count). The van der Waals surface area contributed by atoms with Crippen LogP contribution in [0.1, 0.15) is 26.2 Å². The normalized spacial score (nSPS) is 22.4. The van der Waals surface area contributed by atoms with Gasteiger partial charge in [0, 0.05) is 6.54 Å². The molecule has 0 fully saturated rings. The van der Waals surface area contributed by atoms with Crippen molar-refractivity contribution in [3.8, 4) is 0 Å². The minimum atomic E-state index is -0.133. The van der Waals surface area contributed by atoms with E-state index in [0.29, 0.717) is 6.54 Å². The third-order valence-corrected chi connectivity index (χ3v) is 2.86. The minimum Gasteiger partial charge on any atom is -0.469 e. The highest BCUT2D eigenvalue weighted by Gasteiger charge is 2.14. The van der Waals surface area contributed by atoms with Crippen LogP contribution in [0.5, 0.6) is 0 Å². The summed E-state index contributed by atoms with van der Waals surface area (Å²) in [5, 5.41) is 3.34. The van der Waals surface area contributed by atoms with Crippen molar-refractivity contribution >= 4 is 5.97 Å². The molecule has 15 heavy (non-hydrogen) atoms. The Morgan fingerprint density at radius 1 is 1.60 bits per heavy atom. The maximum absolute atomic E-state index is 11.1. The van der Waals surface area contributed by atoms with Crippen LogP contribution in [0.3, 0.4) is 0 Å². The summed E-state index contributed by atoms with van der Waals surface area (Å²) >= 11 is 0. The zero-order chi connectivity index (χ0) is 11.1. The second-order valence-corrected chi connectivity index (χ2v) is 4.23. The van der Waals surface area contributed by atoms with Gasteiger partial charge in [0.05, 0.1) is 13.0 Å². The van der Waals surface area contributed by atoms with Crippen LogP contribution in [-0.4, -0.2) is 26.2 Å². The van der Waals surface area contributed by atoms with Gasteiger partial charge < -0.3 is 10.1 Å². The zero-order valence-electron chi connectivity index (χ0n) is 9.66. The van der Waals surface area contributed by atoms with Crippen LogP contribution < -0.4 is 5.32 Å². The molecule has 1 aliphatic rings. The van der Waals surface area contributed by atoms with Gasteiger partial charge in [-0.1, -0.05) is 19.1 Å². The van der Waals surface area contributed by atoms with E-state index < -0.39 is 0 Å². The van der Waals surface area contributed by atoms with E-state index in [9.17, 15) is 4.79 Å². The van der Waals surface area contributed by atoms with Crippen molar-refractivity contribution in [3.05, 3.63) is 12.2 Å². The summed E-state index contributed by atoms with van der Waals surface area (Å²) in [4.78, 5) is 11.1. The minimum absolute atomic E-state index is 0.0471. The quantitative estimate of drug-likeness (QED) is 0.556. The van der Waals surface area contributed by atoms with Gasteiger partial charge in [0.25, 0.3) is 0 Å². The molecular weight excluding hydrogens is 190 g/mol. The fourth-order valence-corrected chi connectivity index (χ4v) is 1.83. The summed E-state index contributed by atoms with van der Waals surface area (Å²) in [7, 11) is 1.44. The van der Waals surface area contributed by atoms with Crippen LogP contribution in [0, 0.1) is 11.8 Å². The van der Waals surface area contributed by atoms with E-state index in [0.717, 1.165) is 12.5 Å². The van der Waals surface area contributed by atoms with Crippen LogP contribution in [-0.2, 0) is 9.53 Å². The smallest absolute Gasteiger partial charge is 0.309 e. The number of nitrogens with one attached hydrogen (secondary N) is 1. The number of esters is 1. The number of hydrogen-bond donors (Lipinski definition) is 1. The second-order valence-electron chi connectivity index (χ2n) is 4.23. The van der Waals surface area contributed by atoms with Crippen molar-refractivity contribution in [1.82, 2.24) is 5.32 Å². The Morgan fingerprint density at radius 3 is 3.00 bits per heavy atom. The number of carbonyl (C=O) groups excluding carboxylic acids is 1. The summed E-state index contributed by atoms with van der Waals surface area (Å²) in [6, 6.07) is 0. The van der Waals surface area contributed by atoms with Gasteiger partial charge in [-0.2, -0.15) is 0 Å². The predicted octanol–water partition coefficient (Wildman–Crippen LogP) is 1.74. The second kappa shape index (κ2) is 6.62. The van der Waals surface area contributed by atoms with E-state index in [1.54, 1.807) is 0 Å². The van der Waals surface area contributed by atoms with E-state index in [1.165, 1.54) is 26.4 Å². The molecule has 0 aromatic heterocycles. The van der Waals surface area contributed by atoms with E-state index in [4.69, 9.17) is 0 Å². The van der Waals surface area contributed by atoms with Gasteiger partial charge in [-0.15, -0.1) is 0 Å². The van der Waals surface area contributed by atoms with E-state index >= 15 is 0 Å². The molecule has 0 spiro atoms. The lowest BCUT2D eigenvalue weighted by Gasteiger charge is -2.19. The van der Waals surface area contributed by atoms with Crippen LogP contribution >= 0.6 is 0 Å². The van der Waals surface area contributed by atoms with Crippen LogP contribution in [0.15, 0.2) is 12.2 Å². The first kappa shape index (κ1) is 12.2. The number of hydrogen-bond acceptors (Lipinski definition) is 3. The van der Waals surface area contributed by atoms with Gasteiger partial charge in [-0.3, -0.25) is 4.79 Å². The Kier molecular flexibility index (Phi) is 5.40. The SMILES string of the molecule is COC(=O)C(C)CNCC1CC=CCC1. The Balaban J connectivity index is 2.10. The molecule has 0 saturated carbocycles. The Bertz CT molecular complexity index is 226. The lowest BCUT2D eigenvalue weighted by molar-refractivity contribution is -0.144. The van der Waals surface area contributed by atoms with E-state index in [1.807, 2.05) is 6.92 Å². The lowest BCUT2D eigenvalue weighted by atomic mass is 9.94. The third-order valence-electron chi connectivity index (χ3n) is 2.86. The summed E-state index contributed by atoms with van der Waals surface area (Å²) in [5.41, 5.74) is 0. The van der Waals surface area contributed by atoms with Crippen LogP contribution in [0.2, 0.25) is 0 Å². The number of carbonyl (C=O) groups is 1. The molecule has 0 aliphatic heterocycles. The van der Waals surface area contributed by atoms with Gasteiger partial charge in [-0.25, -0.2) is 0 Å². The van der Waals surface area contributed by atoms with E-state index in [-0.39, 0.29) is 11.9 Å². The Labute approximate surface area is 91.9 Å². The van der Waals surface area contributed by atoms with Crippen LogP contribution in [0.4, 0.5) is 0 Å². The number of ether oxygens (including phenoxy) is 1. The largest absolute Gasteiger partial charge is 0.469 e. The number of rotatable bonds is 5. The standard InChI is InChI=1S/C12H21NO2/c1-10(12(14)15-2)8-13-9-11-6-4-3-5-7-11/h3-4,10-11,13H,5-9H2,1-2H3. The molecule has 0 heterocycles. The molecule has 0 amide bonds. The molecule has 0 saturated heterocycles. The first-order chi connectivity index (χ1) is 7.24. The van der Waals surface area contributed by atoms with E-state index in [2.05, 4.69) is 22.2 Å². The molecule has 0 radical (unpaired) electrons. The maximum Gasteiger partial charge on any atom is 0.309 e. The molecule has 0 aromatic carbocycles. The number of allylic oxidation sites excluding steroid dienone is 2. The molecule has 86 valence electrons. The van der Waals surface area contributed by atoms with Crippen molar-refractivity contribution < 1.29 is 9.53 Å². The first-order valence-electron chi connectivity index (χ1n) is 5.67. The number of methoxy groups -OCH3 is 1. The molecule has 3 nitrogen and oxygen atoms in total. The summed E-state index contributed by atoms with van der Waals surface area (Å²) in [5.74, 6) is 0.556. The molecule has 2 atom stereocenters. The highest BCUT2D eigenvalue weighted by Crippen LogP contribution is 2.16. The van der Waals surface area contributed by atoms with Gasteiger partial charge in [0.1, 0.15) is 0 Å². The topological polar surface area (TPSA) is 38.3 Å². The molecule has 2 unspecified atom stereocenters. The molecule has 1 aliphatic carbocycles. The average molecular weight is 211 g/mol. The fourth-order valence-electron chi connectivity index (χ4n) is 1.83.